The summed E-state index contributed by atoms with van der Waals surface area (Å²) in [6, 6.07) is -3.17. The predicted molar refractivity (Wildman–Crippen MR) is 161 cm³/mol. The number of carbonyl (C=O) groups is 7. The molecule has 0 spiro atoms. The molecule has 1 aliphatic carbocycles. The number of ketones is 1. The van der Waals surface area contributed by atoms with E-state index in [1.807, 2.05) is 33.8 Å². The molecule has 1 saturated heterocycles. The summed E-state index contributed by atoms with van der Waals surface area (Å²) in [6.45, 7) is 8.78. The lowest BCUT2D eigenvalue weighted by Crippen LogP contribution is -2.55. The van der Waals surface area contributed by atoms with E-state index in [1.54, 1.807) is 19.1 Å². The Labute approximate surface area is 257 Å². The van der Waals surface area contributed by atoms with Crippen LogP contribution >= 0.6 is 0 Å². The molecule has 6 N–H and O–H groups in total. The van der Waals surface area contributed by atoms with Gasteiger partial charge in [0, 0.05) is 6.54 Å². The zero-order valence-corrected chi connectivity index (χ0v) is 26.2. The van der Waals surface area contributed by atoms with Gasteiger partial charge in [0.1, 0.15) is 18.6 Å². The molecule has 1 aliphatic heterocycles. The lowest BCUT2D eigenvalue weighted by atomic mass is 9.90. The quantitative estimate of drug-likeness (QED) is 0.160. The number of hydrogen-bond donors (Lipinski definition) is 5. The van der Waals surface area contributed by atoms with Crippen molar-refractivity contribution in [3.05, 3.63) is 23.8 Å². The van der Waals surface area contributed by atoms with Crippen LogP contribution in [0.1, 0.15) is 66.7 Å². The maximum atomic E-state index is 13.4. The summed E-state index contributed by atoms with van der Waals surface area (Å²) in [6.07, 6.45) is 6.74. The first-order valence-electron chi connectivity index (χ1n) is 14.9. The van der Waals surface area contributed by atoms with Gasteiger partial charge in [0.25, 0.3) is 5.91 Å². The zero-order valence-electron chi connectivity index (χ0n) is 26.2. The summed E-state index contributed by atoms with van der Waals surface area (Å²) in [7, 11) is 0. The van der Waals surface area contributed by atoms with E-state index in [1.165, 1.54) is 4.90 Å². The zero-order chi connectivity index (χ0) is 33.0. The Kier molecular flexibility index (Phi) is 13.5. The van der Waals surface area contributed by atoms with Gasteiger partial charge in [-0.3, -0.25) is 28.8 Å². The average molecular weight is 619 g/mol. The molecule has 0 radical (unpaired) electrons. The number of likely N-dealkylation sites (tertiary alicyclic amines) is 1. The Balaban J connectivity index is 1.99. The van der Waals surface area contributed by atoms with Crippen molar-refractivity contribution in [2.75, 3.05) is 26.2 Å². The van der Waals surface area contributed by atoms with Gasteiger partial charge < -0.3 is 36.6 Å². The highest BCUT2D eigenvalue weighted by atomic mass is 16.5. The molecule has 0 aromatic heterocycles. The Morgan fingerprint density at radius 3 is 2.36 bits per heavy atom. The number of carbonyl (C=O) groups excluding carboxylic acids is 7. The summed E-state index contributed by atoms with van der Waals surface area (Å²) in [4.78, 5) is 89.7. The summed E-state index contributed by atoms with van der Waals surface area (Å²) in [5.41, 5.74) is 5.65. The summed E-state index contributed by atoms with van der Waals surface area (Å²) in [5.74, 6) is -4.49. The van der Waals surface area contributed by atoms with Crippen molar-refractivity contribution in [3.63, 3.8) is 0 Å². The third-order valence-corrected chi connectivity index (χ3v) is 7.13. The molecule has 0 saturated carbocycles. The van der Waals surface area contributed by atoms with E-state index in [0.29, 0.717) is 31.3 Å². The SMILES string of the molecule is CCCC(NC(=O)[C@@H]1CC(C)(C)CN1C(=O)CNC(=O)OCC(C)C)C(=O)C(=O)NCC(=O)NC(C(N)=O)C1=CC=CCC1. The number of rotatable bonds is 15. The molecule has 14 heteroatoms. The van der Waals surface area contributed by atoms with Crippen LogP contribution in [-0.4, -0.2) is 90.7 Å². The van der Waals surface area contributed by atoms with Crippen molar-refractivity contribution in [3.8, 4) is 0 Å². The molecular formula is C30H46N6O8. The number of hydrogen-bond acceptors (Lipinski definition) is 8. The maximum absolute atomic E-state index is 13.4. The van der Waals surface area contributed by atoms with Crippen molar-refractivity contribution >= 4 is 41.4 Å². The number of nitrogens with one attached hydrogen (secondary N) is 4. The van der Waals surface area contributed by atoms with Crippen molar-refractivity contribution in [1.29, 1.82) is 0 Å². The number of allylic oxidation sites excluding steroid dienone is 3. The molecule has 6 amide bonds. The van der Waals surface area contributed by atoms with Gasteiger partial charge in [-0.05, 0) is 42.6 Å². The summed E-state index contributed by atoms with van der Waals surface area (Å²) >= 11 is 0. The van der Waals surface area contributed by atoms with Gasteiger partial charge in [-0.25, -0.2) is 4.79 Å². The average Bonchev–Trinajstić information content (AvgIpc) is 3.31. The molecule has 2 rings (SSSR count). The fourth-order valence-electron chi connectivity index (χ4n) is 4.96. The molecule has 0 aromatic rings. The summed E-state index contributed by atoms with van der Waals surface area (Å²) < 4.78 is 5.03. The highest BCUT2D eigenvalue weighted by molar-refractivity contribution is 6.38. The van der Waals surface area contributed by atoms with Crippen molar-refractivity contribution in [2.24, 2.45) is 17.1 Å². The van der Waals surface area contributed by atoms with Gasteiger partial charge >= 0.3 is 6.09 Å². The first-order chi connectivity index (χ1) is 20.6. The van der Waals surface area contributed by atoms with E-state index < -0.39 is 71.5 Å². The summed E-state index contributed by atoms with van der Waals surface area (Å²) in [5, 5.41) is 9.72. The van der Waals surface area contributed by atoms with Crippen LogP contribution in [0.3, 0.4) is 0 Å². The van der Waals surface area contributed by atoms with E-state index >= 15 is 0 Å². The first kappa shape index (κ1) is 36.0. The number of Topliss-reactive ketones (excluding diaryl/α,β-unsaturated/α-hetero) is 1. The van der Waals surface area contributed by atoms with Gasteiger partial charge in [0.2, 0.25) is 29.4 Å². The number of nitrogens with zero attached hydrogens (tertiary/aromatic N) is 1. The number of nitrogens with two attached hydrogens (primary N) is 1. The second kappa shape index (κ2) is 16.6. The second-order valence-electron chi connectivity index (χ2n) is 12.3. The van der Waals surface area contributed by atoms with Crippen LogP contribution in [0.5, 0.6) is 0 Å². The minimum Gasteiger partial charge on any atom is -0.449 e. The van der Waals surface area contributed by atoms with Gasteiger partial charge in [-0.15, -0.1) is 0 Å². The van der Waals surface area contributed by atoms with Gasteiger partial charge in [0.15, 0.2) is 0 Å². The largest absolute Gasteiger partial charge is 0.449 e. The number of primary amides is 1. The van der Waals surface area contributed by atoms with E-state index in [4.69, 9.17) is 10.5 Å². The van der Waals surface area contributed by atoms with Crippen LogP contribution in [0.15, 0.2) is 23.8 Å². The Morgan fingerprint density at radius 2 is 1.77 bits per heavy atom. The third kappa shape index (κ3) is 11.1. The van der Waals surface area contributed by atoms with Gasteiger partial charge in [0.05, 0.1) is 19.2 Å². The predicted octanol–water partition coefficient (Wildman–Crippen LogP) is 0.212. The Morgan fingerprint density at radius 1 is 1.07 bits per heavy atom. The second-order valence-corrected chi connectivity index (χ2v) is 12.3. The molecular weight excluding hydrogens is 572 g/mol. The monoisotopic (exact) mass is 618 g/mol. The van der Waals surface area contributed by atoms with Crippen LogP contribution in [0.4, 0.5) is 4.79 Å². The van der Waals surface area contributed by atoms with Crippen LogP contribution in [0.2, 0.25) is 0 Å². The third-order valence-electron chi connectivity index (χ3n) is 7.13. The highest BCUT2D eigenvalue weighted by Crippen LogP contribution is 2.34. The first-order valence-corrected chi connectivity index (χ1v) is 14.9. The van der Waals surface area contributed by atoms with E-state index in [9.17, 15) is 33.6 Å². The fraction of sp³-hybridized carbons (Fsp3) is 0.633. The van der Waals surface area contributed by atoms with Gasteiger partial charge in [-0.1, -0.05) is 59.3 Å². The number of ether oxygens (including phenoxy) is 1. The van der Waals surface area contributed by atoms with Crippen LogP contribution in [-0.2, 0) is 33.5 Å². The maximum Gasteiger partial charge on any atom is 0.407 e. The standard InChI is InChI=1S/C30H46N6O8/c1-6-10-20(25(39)28(42)32-14-22(37)35-24(26(31)40)19-11-8-7-9-12-19)34-27(41)21-13-30(4,5)17-36(21)23(38)15-33-29(43)44-16-18(2)3/h7-8,11,18,20-21,24H,6,9-10,12-17H2,1-5H3,(H2,31,40)(H,32,42)(H,33,43)(H,34,41)(H,35,37)/t20?,21-,24?/m0/s1. The normalized spacial score (nSPS) is 18.5. The molecule has 0 aromatic carbocycles. The van der Waals surface area contributed by atoms with Crippen LogP contribution in [0, 0.1) is 11.3 Å². The topological polar surface area (TPSA) is 206 Å². The molecule has 2 aliphatic rings. The molecule has 2 unspecified atom stereocenters. The smallest absolute Gasteiger partial charge is 0.407 e. The lowest BCUT2D eigenvalue weighted by Gasteiger charge is -2.26. The van der Waals surface area contributed by atoms with Crippen molar-refractivity contribution < 1.29 is 38.3 Å². The minimum absolute atomic E-state index is 0.123. The molecule has 1 heterocycles. The van der Waals surface area contributed by atoms with Crippen molar-refractivity contribution in [2.45, 2.75) is 84.8 Å². The highest BCUT2D eigenvalue weighted by Gasteiger charge is 2.44. The number of alkyl carbamates (subject to hydrolysis) is 1. The molecule has 14 nitrogen and oxygen atoms in total. The molecule has 1 fully saturated rings. The fourth-order valence-corrected chi connectivity index (χ4v) is 4.96. The van der Waals surface area contributed by atoms with Crippen LogP contribution < -0.4 is 27.0 Å². The molecule has 44 heavy (non-hydrogen) atoms. The van der Waals surface area contributed by atoms with Gasteiger partial charge in [-0.2, -0.15) is 0 Å². The Bertz CT molecular complexity index is 1180. The molecule has 244 valence electrons. The van der Waals surface area contributed by atoms with E-state index in [0.717, 1.165) is 0 Å². The number of amides is 6. The molecule has 3 atom stereocenters. The van der Waals surface area contributed by atoms with Crippen molar-refractivity contribution in [1.82, 2.24) is 26.2 Å². The van der Waals surface area contributed by atoms with E-state index in [2.05, 4.69) is 21.3 Å². The van der Waals surface area contributed by atoms with E-state index in [-0.39, 0.29) is 32.0 Å². The lowest BCUT2D eigenvalue weighted by molar-refractivity contribution is -0.142. The van der Waals surface area contributed by atoms with Crippen LogP contribution in [0.25, 0.3) is 0 Å². The minimum atomic E-state index is -1.20. The Hall–Kier alpha value is -4.23. The molecule has 0 bridgehead atoms.